The van der Waals surface area contributed by atoms with Crippen molar-refractivity contribution in [3.05, 3.63) is 47.7 Å². The summed E-state index contributed by atoms with van der Waals surface area (Å²) in [6, 6.07) is 12.6. The van der Waals surface area contributed by atoms with Gasteiger partial charge in [-0.2, -0.15) is 5.10 Å². The highest BCUT2D eigenvalue weighted by Crippen LogP contribution is 2.21. The van der Waals surface area contributed by atoms with Crippen LogP contribution in [0.5, 0.6) is 0 Å². The van der Waals surface area contributed by atoms with Crippen molar-refractivity contribution in [2.45, 2.75) is 26.2 Å². The van der Waals surface area contributed by atoms with E-state index in [-0.39, 0.29) is 5.91 Å². The molecule has 0 radical (unpaired) electrons. The van der Waals surface area contributed by atoms with Crippen LogP contribution in [0.15, 0.2) is 36.4 Å². The van der Waals surface area contributed by atoms with Crippen LogP contribution in [0.1, 0.15) is 24.1 Å². The number of carbonyl (C=O) groups excluding carboxylic acids is 1. The summed E-state index contributed by atoms with van der Waals surface area (Å²) in [5, 5.41) is 7.20. The van der Waals surface area contributed by atoms with Gasteiger partial charge in [-0.15, -0.1) is 0 Å². The van der Waals surface area contributed by atoms with Gasteiger partial charge in [0.25, 0.3) is 0 Å². The van der Waals surface area contributed by atoms with Crippen molar-refractivity contribution in [1.82, 2.24) is 14.7 Å². The van der Waals surface area contributed by atoms with Gasteiger partial charge >= 0.3 is 0 Å². The van der Waals surface area contributed by atoms with Gasteiger partial charge < -0.3 is 5.32 Å². The van der Waals surface area contributed by atoms with Crippen LogP contribution in [0.25, 0.3) is 0 Å². The number of hydrogen-bond donors (Lipinski definition) is 1. The molecule has 1 aromatic heterocycles. The van der Waals surface area contributed by atoms with Crippen molar-refractivity contribution in [1.29, 1.82) is 0 Å². The first-order valence-corrected chi connectivity index (χ1v) is 8.67. The van der Waals surface area contributed by atoms with E-state index in [9.17, 15) is 4.79 Å². The Hall–Kier alpha value is -2.14. The minimum Gasteiger partial charge on any atom is -0.310 e. The van der Waals surface area contributed by atoms with Crippen molar-refractivity contribution in [2.75, 3.05) is 25.0 Å². The molecule has 1 saturated heterocycles. The van der Waals surface area contributed by atoms with E-state index in [0.29, 0.717) is 6.54 Å². The first kappa shape index (κ1) is 16.7. The molecular formula is C19H26N4O. The highest BCUT2D eigenvalue weighted by atomic mass is 16.2. The molecule has 1 aliphatic heterocycles. The lowest BCUT2D eigenvalue weighted by Crippen LogP contribution is -2.39. The van der Waals surface area contributed by atoms with E-state index < -0.39 is 0 Å². The van der Waals surface area contributed by atoms with Crippen LogP contribution in [0.4, 0.5) is 5.82 Å². The monoisotopic (exact) mass is 326 g/mol. The Bertz CT molecular complexity index is 672. The smallest absolute Gasteiger partial charge is 0.239 e. The lowest BCUT2D eigenvalue weighted by Gasteiger charge is -2.31. The Labute approximate surface area is 143 Å². The highest BCUT2D eigenvalue weighted by Gasteiger charge is 2.21. The third-order valence-electron chi connectivity index (χ3n) is 4.71. The summed E-state index contributed by atoms with van der Waals surface area (Å²) in [7, 11) is 1.84. The Morgan fingerprint density at radius 1 is 1.25 bits per heavy atom. The summed E-state index contributed by atoms with van der Waals surface area (Å²) < 4.78 is 1.71. The SMILES string of the molecule is Cc1cc(NC(=O)CN2CCC(Cc3ccccc3)CC2)n(C)n1. The maximum Gasteiger partial charge on any atom is 0.239 e. The molecule has 3 rings (SSSR count). The van der Waals surface area contributed by atoms with Crippen molar-refractivity contribution < 1.29 is 4.79 Å². The van der Waals surface area contributed by atoms with Crippen LogP contribution in [0.3, 0.4) is 0 Å². The van der Waals surface area contributed by atoms with Crippen LogP contribution in [0.2, 0.25) is 0 Å². The summed E-state index contributed by atoms with van der Waals surface area (Å²) in [6.45, 7) is 4.38. The number of piperidine rings is 1. The second-order valence-corrected chi connectivity index (χ2v) is 6.75. The van der Waals surface area contributed by atoms with E-state index in [1.54, 1.807) is 4.68 Å². The topological polar surface area (TPSA) is 50.2 Å². The molecule has 0 unspecified atom stereocenters. The zero-order valence-corrected chi connectivity index (χ0v) is 14.5. The van der Waals surface area contributed by atoms with Gasteiger partial charge in [-0.1, -0.05) is 30.3 Å². The van der Waals surface area contributed by atoms with Gasteiger partial charge in [-0.3, -0.25) is 14.4 Å². The van der Waals surface area contributed by atoms with Crippen molar-refractivity contribution in [3.8, 4) is 0 Å². The van der Waals surface area contributed by atoms with E-state index in [2.05, 4.69) is 45.6 Å². The molecule has 128 valence electrons. The Balaban J connectivity index is 1.43. The number of hydrogen-bond acceptors (Lipinski definition) is 3. The molecule has 0 spiro atoms. The van der Waals surface area contributed by atoms with Crippen molar-refractivity contribution >= 4 is 11.7 Å². The average molecular weight is 326 g/mol. The van der Waals surface area contributed by atoms with Crippen LogP contribution < -0.4 is 5.32 Å². The summed E-state index contributed by atoms with van der Waals surface area (Å²) >= 11 is 0. The quantitative estimate of drug-likeness (QED) is 0.919. The number of likely N-dealkylation sites (tertiary alicyclic amines) is 1. The normalized spacial score (nSPS) is 16.2. The Morgan fingerprint density at radius 3 is 2.58 bits per heavy atom. The fraction of sp³-hybridized carbons (Fsp3) is 0.474. The predicted octanol–water partition coefficient (Wildman–Crippen LogP) is 2.62. The van der Waals surface area contributed by atoms with Crippen LogP contribution in [-0.4, -0.2) is 40.2 Å². The Morgan fingerprint density at radius 2 is 1.96 bits per heavy atom. The molecule has 5 nitrogen and oxygen atoms in total. The third-order valence-corrected chi connectivity index (χ3v) is 4.71. The molecule has 1 amide bonds. The number of aryl methyl sites for hydroxylation is 2. The lowest BCUT2D eigenvalue weighted by atomic mass is 9.90. The molecular weight excluding hydrogens is 300 g/mol. The van der Waals surface area contributed by atoms with Gasteiger partial charge in [0.2, 0.25) is 5.91 Å². The lowest BCUT2D eigenvalue weighted by molar-refractivity contribution is -0.117. The molecule has 0 atom stereocenters. The maximum absolute atomic E-state index is 12.2. The number of aromatic nitrogens is 2. The highest BCUT2D eigenvalue weighted by molar-refractivity contribution is 5.91. The van der Waals surface area contributed by atoms with E-state index in [1.807, 2.05) is 20.0 Å². The second kappa shape index (κ2) is 7.62. The van der Waals surface area contributed by atoms with Gasteiger partial charge in [0.1, 0.15) is 5.82 Å². The number of benzene rings is 1. The second-order valence-electron chi connectivity index (χ2n) is 6.75. The van der Waals surface area contributed by atoms with Gasteiger partial charge in [-0.25, -0.2) is 0 Å². The third kappa shape index (κ3) is 4.45. The summed E-state index contributed by atoms with van der Waals surface area (Å²) in [5.74, 6) is 1.53. The predicted molar refractivity (Wildman–Crippen MR) is 95.9 cm³/mol. The van der Waals surface area contributed by atoms with Gasteiger partial charge in [-0.05, 0) is 50.8 Å². The van der Waals surface area contributed by atoms with Crippen molar-refractivity contribution in [3.63, 3.8) is 0 Å². The number of nitrogens with one attached hydrogen (secondary N) is 1. The molecule has 1 aliphatic rings. The first-order chi connectivity index (χ1) is 11.6. The van der Waals surface area contributed by atoms with Crippen LogP contribution in [-0.2, 0) is 18.3 Å². The number of rotatable bonds is 5. The summed E-state index contributed by atoms with van der Waals surface area (Å²) in [5.41, 5.74) is 2.33. The average Bonchev–Trinajstić information content (AvgIpc) is 2.87. The molecule has 24 heavy (non-hydrogen) atoms. The van der Waals surface area contributed by atoms with Gasteiger partial charge in [0.15, 0.2) is 0 Å². The fourth-order valence-corrected chi connectivity index (χ4v) is 3.41. The number of anilines is 1. The molecule has 0 saturated carbocycles. The minimum atomic E-state index is 0.0412. The molecule has 1 aromatic carbocycles. The van der Waals surface area contributed by atoms with E-state index in [0.717, 1.165) is 49.8 Å². The van der Waals surface area contributed by atoms with E-state index >= 15 is 0 Å². The van der Waals surface area contributed by atoms with Crippen LogP contribution >= 0.6 is 0 Å². The van der Waals surface area contributed by atoms with Crippen LogP contribution in [0, 0.1) is 12.8 Å². The number of carbonyl (C=O) groups is 1. The molecule has 2 aromatic rings. The largest absolute Gasteiger partial charge is 0.310 e. The molecule has 0 aliphatic carbocycles. The fourth-order valence-electron chi connectivity index (χ4n) is 3.41. The molecule has 0 bridgehead atoms. The number of nitrogens with zero attached hydrogens (tertiary/aromatic N) is 3. The van der Waals surface area contributed by atoms with Gasteiger partial charge in [0.05, 0.1) is 12.2 Å². The Kier molecular flexibility index (Phi) is 5.30. The maximum atomic E-state index is 12.2. The summed E-state index contributed by atoms with van der Waals surface area (Å²) in [6.07, 6.45) is 3.47. The zero-order chi connectivity index (χ0) is 16.9. The molecule has 1 N–H and O–H groups in total. The standard InChI is InChI=1S/C19H26N4O/c1-15-12-18(22(2)21-15)20-19(24)14-23-10-8-17(9-11-23)13-16-6-4-3-5-7-16/h3-7,12,17H,8-11,13-14H2,1-2H3,(H,20,24). The first-order valence-electron chi connectivity index (χ1n) is 8.67. The molecule has 5 heteroatoms. The van der Waals surface area contributed by atoms with Gasteiger partial charge in [0, 0.05) is 13.1 Å². The zero-order valence-electron chi connectivity index (χ0n) is 14.5. The summed E-state index contributed by atoms with van der Waals surface area (Å²) in [4.78, 5) is 14.5. The minimum absolute atomic E-state index is 0.0412. The van der Waals surface area contributed by atoms with E-state index in [4.69, 9.17) is 0 Å². The number of amides is 1. The molecule has 2 heterocycles. The molecule has 1 fully saturated rings. The van der Waals surface area contributed by atoms with E-state index in [1.165, 1.54) is 5.56 Å². The van der Waals surface area contributed by atoms with Crippen molar-refractivity contribution in [2.24, 2.45) is 13.0 Å².